The fourth-order valence-corrected chi connectivity index (χ4v) is 2.69. The molecule has 0 amide bonds. The minimum absolute atomic E-state index is 0.164. The molecule has 2 aromatic carbocycles. The molecule has 0 heterocycles. The van der Waals surface area contributed by atoms with E-state index in [9.17, 15) is 4.39 Å². The Morgan fingerprint density at radius 3 is 2.68 bits per heavy atom. The highest BCUT2D eigenvalue weighted by Gasteiger charge is 2.14. The second-order valence-corrected chi connectivity index (χ2v) is 5.54. The van der Waals surface area contributed by atoms with Gasteiger partial charge in [0.2, 0.25) is 0 Å². The molecule has 0 aliphatic rings. The van der Waals surface area contributed by atoms with Gasteiger partial charge >= 0.3 is 0 Å². The molecule has 0 saturated carbocycles. The molecule has 0 bridgehead atoms. The van der Waals surface area contributed by atoms with Crippen molar-refractivity contribution in [2.24, 2.45) is 5.84 Å². The van der Waals surface area contributed by atoms with Crippen LogP contribution in [-0.4, -0.2) is 0 Å². The molecule has 0 radical (unpaired) electrons. The van der Waals surface area contributed by atoms with Gasteiger partial charge in [-0.25, -0.2) is 4.39 Å². The van der Waals surface area contributed by atoms with Crippen LogP contribution in [0.1, 0.15) is 17.2 Å². The van der Waals surface area contributed by atoms with Crippen molar-refractivity contribution in [2.45, 2.75) is 12.5 Å². The molecule has 0 saturated heterocycles. The van der Waals surface area contributed by atoms with Crippen molar-refractivity contribution in [3.63, 3.8) is 0 Å². The average molecular weight is 344 g/mol. The Morgan fingerprint density at radius 1 is 1.26 bits per heavy atom. The van der Waals surface area contributed by atoms with Gasteiger partial charge in [0, 0.05) is 9.50 Å². The molecule has 2 aromatic rings. The highest BCUT2D eigenvalue weighted by Crippen LogP contribution is 2.26. The van der Waals surface area contributed by atoms with Crippen LogP contribution in [0.2, 0.25) is 5.02 Å². The van der Waals surface area contributed by atoms with Crippen LogP contribution in [0.25, 0.3) is 0 Å². The largest absolute Gasteiger partial charge is 0.271 e. The van der Waals surface area contributed by atoms with Crippen molar-refractivity contribution in [3.8, 4) is 0 Å². The minimum Gasteiger partial charge on any atom is -0.271 e. The van der Waals surface area contributed by atoms with E-state index in [4.69, 9.17) is 17.4 Å². The number of hydrogen-bond donors (Lipinski definition) is 2. The van der Waals surface area contributed by atoms with E-state index in [2.05, 4.69) is 21.4 Å². The van der Waals surface area contributed by atoms with Crippen LogP contribution >= 0.6 is 27.5 Å². The van der Waals surface area contributed by atoms with E-state index in [0.29, 0.717) is 11.4 Å². The summed E-state index contributed by atoms with van der Waals surface area (Å²) < 4.78 is 14.1. The van der Waals surface area contributed by atoms with Gasteiger partial charge in [0.25, 0.3) is 0 Å². The Kier molecular flexibility index (Phi) is 4.93. The Labute approximate surface area is 124 Å². The lowest BCUT2D eigenvalue weighted by atomic mass is 9.99. The Hall–Kier alpha value is -0.940. The van der Waals surface area contributed by atoms with E-state index in [0.717, 1.165) is 15.6 Å². The van der Waals surface area contributed by atoms with E-state index in [1.165, 1.54) is 12.1 Å². The van der Waals surface area contributed by atoms with Crippen molar-refractivity contribution in [2.75, 3.05) is 0 Å². The van der Waals surface area contributed by atoms with Gasteiger partial charge < -0.3 is 0 Å². The summed E-state index contributed by atoms with van der Waals surface area (Å²) in [6.07, 6.45) is 0.668. The standard InChI is InChI=1S/C14H13BrClFN2/c15-10-3-1-2-9(6-10)7-14(19-18)12-5-4-11(17)8-13(12)16/h1-6,8,14,19H,7,18H2. The summed E-state index contributed by atoms with van der Waals surface area (Å²) in [5, 5.41) is 0.373. The van der Waals surface area contributed by atoms with E-state index in [-0.39, 0.29) is 11.9 Å². The molecular formula is C14H13BrClFN2. The molecule has 1 unspecified atom stereocenters. The number of benzene rings is 2. The van der Waals surface area contributed by atoms with Crippen LogP contribution in [0.4, 0.5) is 4.39 Å². The highest BCUT2D eigenvalue weighted by molar-refractivity contribution is 9.10. The van der Waals surface area contributed by atoms with Gasteiger partial charge in [0.1, 0.15) is 5.82 Å². The predicted octanol–water partition coefficient (Wildman–Crippen LogP) is 3.99. The zero-order chi connectivity index (χ0) is 13.8. The Bertz CT molecular complexity index is 577. The predicted molar refractivity (Wildman–Crippen MR) is 79.3 cm³/mol. The maximum atomic E-state index is 13.1. The van der Waals surface area contributed by atoms with Crippen LogP contribution < -0.4 is 11.3 Å². The van der Waals surface area contributed by atoms with Crippen molar-refractivity contribution in [3.05, 3.63) is 68.9 Å². The molecule has 19 heavy (non-hydrogen) atoms. The zero-order valence-electron chi connectivity index (χ0n) is 10.0. The van der Waals surface area contributed by atoms with Gasteiger partial charge in [0.15, 0.2) is 0 Å². The van der Waals surface area contributed by atoms with Crippen LogP contribution in [0.5, 0.6) is 0 Å². The Morgan fingerprint density at radius 2 is 2.05 bits per heavy atom. The third-order valence-corrected chi connectivity index (χ3v) is 3.69. The van der Waals surface area contributed by atoms with Crippen molar-refractivity contribution in [1.29, 1.82) is 0 Å². The van der Waals surface area contributed by atoms with Crippen LogP contribution in [-0.2, 0) is 6.42 Å². The average Bonchev–Trinajstić information content (AvgIpc) is 2.37. The number of nitrogens with two attached hydrogens (primary N) is 1. The quantitative estimate of drug-likeness (QED) is 0.651. The second kappa shape index (κ2) is 6.48. The van der Waals surface area contributed by atoms with E-state index >= 15 is 0 Å². The molecule has 5 heteroatoms. The molecule has 2 nitrogen and oxygen atoms in total. The zero-order valence-corrected chi connectivity index (χ0v) is 12.4. The van der Waals surface area contributed by atoms with Crippen LogP contribution in [0.3, 0.4) is 0 Å². The molecule has 1 atom stereocenters. The molecule has 0 aromatic heterocycles. The highest BCUT2D eigenvalue weighted by atomic mass is 79.9. The first-order valence-electron chi connectivity index (χ1n) is 5.75. The summed E-state index contributed by atoms with van der Waals surface area (Å²) in [5.74, 6) is 5.23. The molecule has 0 aliphatic carbocycles. The van der Waals surface area contributed by atoms with Crippen molar-refractivity contribution in [1.82, 2.24) is 5.43 Å². The SMILES string of the molecule is NNC(Cc1cccc(Br)c1)c1ccc(F)cc1Cl. The third kappa shape index (κ3) is 3.76. The van der Waals surface area contributed by atoms with Gasteiger partial charge in [-0.3, -0.25) is 11.3 Å². The van der Waals surface area contributed by atoms with Gasteiger partial charge in [-0.2, -0.15) is 0 Å². The number of rotatable bonds is 4. The normalized spacial score (nSPS) is 12.4. The van der Waals surface area contributed by atoms with Gasteiger partial charge in [-0.05, 0) is 41.8 Å². The summed E-state index contributed by atoms with van der Waals surface area (Å²) in [7, 11) is 0. The topological polar surface area (TPSA) is 38.0 Å². The molecule has 0 fully saturated rings. The maximum absolute atomic E-state index is 13.1. The van der Waals surface area contributed by atoms with Crippen LogP contribution in [0, 0.1) is 5.82 Å². The fraction of sp³-hybridized carbons (Fsp3) is 0.143. The second-order valence-electron chi connectivity index (χ2n) is 4.22. The lowest BCUT2D eigenvalue weighted by Crippen LogP contribution is -2.29. The van der Waals surface area contributed by atoms with Crippen molar-refractivity contribution >= 4 is 27.5 Å². The monoisotopic (exact) mass is 342 g/mol. The smallest absolute Gasteiger partial charge is 0.124 e. The minimum atomic E-state index is -0.355. The number of halogens is 3. The summed E-state index contributed by atoms with van der Waals surface area (Å²) in [6.45, 7) is 0. The molecule has 3 N–H and O–H groups in total. The summed E-state index contributed by atoms with van der Waals surface area (Å²) >= 11 is 9.48. The number of nitrogens with one attached hydrogen (secondary N) is 1. The van der Waals surface area contributed by atoms with E-state index in [1.54, 1.807) is 6.07 Å². The Balaban J connectivity index is 2.25. The molecule has 100 valence electrons. The van der Waals surface area contributed by atoms with E-state index in [1.807, 2.05) is 24.3 Å². The summed E-state index contributed by atoms with van der Waals surface area (Å²) in [4.78, 5) is 0. The maximum Gasteiger partial charge on any atom is 0.124 e. The molecule has 2 rings (SSSR count). The molecule has 0 aliphatic heterocycles. The number of hydrazine groups is 1. The van der Waals surface area contributed by atoms with Crippen LogP contribution in [0.15, 0.2) is 46.9 Å². The first-order chi connectivity index (χ1) is 9.10. The summed E-state index contributed by atoms with van der Waals surface area (Å²) in [6, 6.07) is 12.1. The lowest BCUT2D eigenvalue weighted by Gasteiger charge is -2.18. The molecule has 0 spiro atoms. The van der Waals surface area contributed by atoms with Gasteiger partial charge in [-0.15, -0.1) is 0 Å². The van der Waals surface area contributed by atoms with E-state index < -0.39 is 0 Å². The first-order valence-corrected chi connectivity index (χ1v) is 6.93. The number of hydrogen-bond acceptors (Lipinski definition) is 2. The summed E-state index contributed by atoms with van der Waals surface area (Å²) in [5.41, 5.74) is 4.62. The fourth-order valence-electron chi connectivity index (χ4n) is 1.94. The first kappa shape index (κ1) is 14.5. The third-order valence-electron chi connectivity index (χ3n) is 2.87. The molecular weight excluding hydrogens is 331 g/mol. The van der Waals surface area contributed by atoms with Crippen molar-refractivity contribution < 1.29 is 4.39 Å². The van der Waals surface area contributed by atoms with Gasteiger partial charge in [0.05, 0.1) is 6.04 Å². The van der Waals surface area contributed by atoms with Gasteiger partial charge in [-0.1, -0.05) is 45.7 Å². The lowest BCUT2D eigenvalue weighted by molar-refractivity contribution is 0.549.